The minimum Gasteiger partial charge on any atom is -0.494 e. The number of hydrogen-bond acceptors (Lipinski definition) is 6. The van der Waals surface area contributed by atoms with E-state index in [9.17, 15) is 14.4 Å². The van der Waals surface area contributed by atoms with Crippen LogP contribution in [-0.2, 0) is 9.59 Å². The van der Waals surface area contributed by atoms with Gasteiger partial charge in [-0.15, -0.1) is 0 Å². The fraction of sp³-hybridized carbons (Fsp3) is 0.200. The summed E-state index contributed by atoms with van der Waals surface area (Å²) in [5, 5.41) is 14.9. The standard InChI is InChI=1S/C20H21N3O6/c1-2-28-16-9-5-15(6-10-16)20(27)21-12-18(24)23-22-11-14-3-7-17(8-4-14)29-13-19(25)26/h3-11H,2,12-13H2,1H3,(H,21,27)(H,23,24)(H,25,26)/b22-11+. The van der Waals surface area contributed by atoms with Gasteiger partial charge in [0.15, 0.2) is 6.61 Å². The molecule has 0 saturated heterocycles. The zero-order valence-electron chi connectivity index (χ0n) is 15.8. The summed E-state index contributed by atoms with van der Waals surface area (Å²) in [5.74, 6) is -0.859. The van der Waals surface area contributed by atoms with Crippen LogP contribution in [0.5, 0.6) is 11.5 Å². The lowest BCUT2D eigenvalue weighted by molar-refractivity contribution is -0.139. The number of rotatable bonds is 10. The Morgan fingerprint density at radius 2 is 1.62 bits per heavy atom. The molecule has 0 radical (unpaired) electrons. The SMILES string of the molecule is CCOc1ccc(C(=O)NCC(=O)N/N=C/c2ccc(OCC(=O)O)cc2)cc1. The Kier molecular flexibility index (Phi) is 8.18. The second-order valence-electron chi connectivity index (χ2n) is 5.68. The number of carbonyl (C=O) groups excluding carboxylic acids is 2. The second kappa shape index (κ2) is 11.1. The summed E-state index contributed by atoms with van der Waals surface area (Å²) in [6, 6.07) is 13.1. The molecule has 0 aliphatic carbocycles. The van der Waals surface area contributed by atoms with Gasteiger partial charge < -0.3 is 19.9 Å². The van der Waals surface area contributed by atoms with Crippen molar-refractivity contribution >= 4 is 24.0 Å². The topological polar surface area (TPSA) is 126 Å². The van der Waals surface area contributed by atoms with Crippen LogP contribution in [-0.4, -0.2) is 48.9 Å². The highest BCUT2D eigenvalue weighted by atomic mass is 16.5. The third-order valence-electron chi connectivity index (χ3n) is 3.48. The van der Waals surface area contributed by atoms with Crippen molar-refractivity contribution in [3.63, 3.8) is 0 Å². The third-order valence-corrected chi connectivity index (χ3v) is 3.48. The van der Waals surface area contributed by atoms with Crippen molar-refractivity contribution in [3.05, 3.63) is 59.7 Å². The van der Waals surface area contributed by atoms with Gasteiger partial charge in [0.25, 0.3) is 11.8 Å². The van der Waals surface area contributed by atoms with Crippen LogP contribution in [0.4, 0.5) is 0 Å². The molecule has 2 rings (SSSR count). The van der Waals surface area contributed by atoms with Crippen molar-refractivity contribution in [2.75, 3.05) is 19.8 Å². The van der Waals surface area contributed by atoms with Crippen molar-refractivity contribution in [2.45, 2.75) is 6.92 Å². The van der Waals surface area contributed by atoms with E-state index in [-0.39, 0.29) is 12.5 Å². The third kappa shape index (κ3) is 7.71. The fourth-order valence-corrected chi connectivity index (χ4v) is 2.15. The largest absolute Gasteiger partial charge is 0.494 e. The van der Waals surface area contributed by atoms with Crippen molar-refractivity contribution in [1.29, 1.82) is 0 Å². The molecule has 9 heteroatoms. The van der Waals surface area contributed by atoms with Gasteiger partial charge in [0.1, 0.15) is 11.5 Å². The Bertz CT molecular complexity index is 863. The number of hydrazone groups is 1. The summed E-state index contributed by atoms with van der Waals surface area (Å²) in [4.78, 5) is 34.2. The average molecular weight is 399 g/mol. The van der Waals surface area contributed by atoms with Crippen LogP contribution < -0.4 is 20.2 Å². The molecule has 29 heavy (non-hydrogen) atoms. The van der Waals surface area contributed by atoms with Crippen molar-refractivity contribution in [1.82, 2.24) is 10.7 Å². The average Bonchev–Trinajstić information content (AvgIpc) is 2.72. The van der Waals surface area contributed by atoms with E-state index in [1.807, 2.05) is 6.92 Å². The first-order chi connectivity index (χ1) is 14.0. The van der Waals surface area contributed by atoms with E-state index in [4.69, 9.17) is 14.6 Å². The van der Waals surface area contributed by atoms with E-state index in [1.165, 1.54) is 6.21 Å². The van der Waals surface area contributed by atoms with Crippen molar-refractivity contribution in [2.24, 2.45) is 5.10 Å². The van der Waals surface area contributed by atoms with Crippen LogP contribution in [0, 0.1) is 0 Å². The molecule has 152 valence electrons. The van der Waals surface area contributed by atoms with Crippen LogP contribution in [0.1, 0.15) is 22.8 Å². The first kappa shape index (κ1) is 21.4. The van der Waals surface area contributed by atoms with Crippen LogP contribution in [0.3, 0.4) is 0 Å². The number of amides is 2. The summed E-state index contributed by atoms with van der Waals surface area (Å²) in [5.41, 5.74) is 3.39. The highest BCUT2D eigenvalue weighted by Gasteiger charge is 2.07. The molecule has 0 saturated carbocycles. The maximum absolute atomic E-state index is 12.0. The van der Waals surface area contributed by atoms with E-state index in [1.54, 1.807) is 48.5 Å². The van der Waals surface area contributed by atoms with Gasteiger partial charge in [-0.3, -0.25) is 9.59 Å². The predicted octanol–water partition coefficient (Wildman–Crippen LogP) is 1.43. The molecule has 0 bridgehead atoms. The van der Waals surface area contributed by atoms with Crippen LogP contribution in [0.25, 0.3) is 0 Å². The number of nitrogens with zero attached hydrogens (tertiary/aromatic N) is 1. The smallest absolute Gasteiger partial charge is 0.341 e. The Balaban J connectivity index is 1.74. The zero-order valence-corrected chi connectivity index (χ0v) is 15.8. The molecule has 0 aliphatic heterocycles. The summed E-state index contributed by atoms with van der Waals surface area (Å²) < 4.78 is 10.3. The molecule has 0 unspecified atom stereocenters. The van der Waals surface area contributed by atoms with Crippen LogP contribution >= 0.6 is 0 Å². The van der Waals surface area contributed by atoms with Gasteiger partial charge in [0.05, 0.1) is 19.4 Å². The Hall–Kier alpha value is -3.88. The number of hydrogen-bond donors (Lipinski definition) is 3. The van der Waals surface area contributed by atoms with Gasteiger partial charge in [-0.2, -0.15) is 5.10 Å². The molecular formula is C20H21N3O6. The zero-order chi connectivity index (χ0) is 21.1. The Morgan fingerprint density at radius 1 is 1.00 bits per heavy atom. The first-order valence-electron chi connectivity index (χ1n) is 8.75. The maximum atomic E-state index is 12.0. The molecule has 2 aromatic rings. The number of carboxylic acid groups (broad SMARTS) is 1. The van der Waals surface area contributed by atoms with Crippen LogP contribution in [0.2, 0.25) is 0 Å². The van der Waals surface area contributed by atoms with Crippen molar-refractivity contribution in [3.8, 4) is 11.5 Å². The minimum atomic E-state index is -1.06. The molecule has 2 amide bonds. The fourth-order valence-electron chi connectivity index (χ4n) is 2.15. The van der Waals surface area contributed by atoms with Crippen LogP contribution in [0.15, 0.2) is 53.6 Å². The normalized spacial score (nSPS) is 10.4. The summed E-state index contributed by atoms with van der Waals surface area (Å²) in [7, 11) is 0. The number of nitrogens with one attached hydrogen (secondary N) is 2. The van der Waals surface area contributed by atoms with Gasteiger partial charge in [0.2, 0.25) is 0 Å². The maximum Gasteiger partial charge on any atom is 0.341 e. The summed E-state index contributed by atoms with van der Waals surface area (Å²) >= 11 is 0. The number of aliphatic carboxylic acids is 1. The number of carboxylic acids is 1. The summed E-state index contributed by atoms with van der Waals surface area (Å²) in [6.07, 6.45) is 1.41. The van der Waals surface area contributed by atoms with Gasteiger partial charge in [0, 0.05) is 5.56 Å². The highest BCUT2D eigenvalue weighted by Crippen LogP contribution is 2.12. The van der Waals surface area contributed by atoms with Gasteiger partial charge >= 0.3 is 5.97 Å². The second-order valence-corrected chi connectivity index (χ2v) is 5.68. The Labute approximate surface area is 167 Å². The molecule has 0 fully saturated rings. The van der Waals surface area contributed by atoms with E-state index < -0.39 is 18.5 Å². The summed E-state index contributed by atoms with van der Waals surface area (Å²) in [6.45, 7) is 1.75. The quantitative estimate of drug-likeness (QED) is 0.410. The van der Waals surface area contributed by atoms with Gasteiger partial charge in [-0.25, -0.2) is 10.2 Å². The molecular weight excluding hydrogens is 378 g/mol. The van der Waals surface area contributed by atoms with E-state index >= 15 is 0 Å². The molecule has 0 atom stereocenters. The minimum absolute atomic E-state index is 0.231. The molecule has 3 N–H and O–H groups in total. The lowest BCUT2D eigenvalue weighted by Gasteiger charge is -2.06. The monoisotopic (exact) mass is 399 g/mol. The predicted molar refractivity (Wildman–Crippen MR) is 105 cm³/mol. The van der Waals surface area contributed by atoms with Gasteiger partial charge in [-0.1, -0.05) is 0 Å². The lowest BCUT2D eigenvalue weighted by atomic mass is 10.2. The van der Waals surface area contributed by atoms with E-state index in [0.717, 1.165) is 0 Å². The molecule has 0 spiro atoms. The van der Waals surface area contributed by atoms with Crippen molar-refractivity contribution < 1.29 is 29.0 Å². The van der Waals surface area contributed by atoms with E-state index in [2.05, 4.69) is 15.8 Å². The molecule has 0 aliphatic rings. The van der Waals surface area contributed by atoms with Gasteiger partial charge in [-0.05, 0) is 61.0 Å². The number of benzene rings is 2. The number of carbonyl (C=O) groups is 3. The molecule has 2 aromatic carbocycles. The molecule has 0 heterocycles. The highest BCUT2D eigenvalue weighted by molar-refractivity contribution is 5.96. The molecule has 0 aromatic heterocycles. The Morgan fingerprint density at radius 3 is 2.24 bits per heavy atom. The lowest BCUT2D eigenvalue weighted by Crippen LogP contribution is -2.34. The van der Waals surface area contributed by atoms with E-state index in [0.29, 0.717) is 29.2 Å². The first-order valence-corrected chi connectivity index (χ1v) is 8.75. The number of ether oxygens (including phenoxy) is 2. The molecule has 9 nitrogen and oxygen atoms in total.